The maximum Gasteiger partial charge on any atom is 0.287 e. The molecule has 1 amide bonds. The minimum Gasteiger partial charge on any atom is -0.451 e. The van der Waals surface area contributed by atoms with Gasteiger partial charge in [-0.3, -0.25) is 9.69 Å². The van der Waals surface area contributed by atoms with Crippen molar-refractivity contribution in [2.75, 3.05) is 13.1 Å². The first-order chi connectivity index (χ1) is 10.6. The summed E-state index contributed by atoms with van der Waals surface area (Å²) in [6, 6.07) is 10.4. The predicted octanol–water partition coefficient (Wildman–Crippen LogP) is 3.43. The minimum absolute atomic E-state index is 0.132. The highest BCUT2D eigenvalue weighted by atomic mass is 16.3. The van der Waals surface area contributed by atoms with Crippen molar-refractivity contribution < 1.29 is 9.21 Å². The lowest BCUT2D eigenvalue weighted by molar-refractivity contribution is 0.0864. The lowest BCUT2D eigenvalue weighted by Gasteiger charge is -2.38. The van der Waals surface area contributed by atoms with E-state index < -0.39 is 0 Å². The van der Waals surface area contributed by atoms with E-state index in [1.54, 1.807) is 6.07 Å². The van der Waals surface area contributed by atoms with E-state index in [2.05, 4.69) is 24.1 Å². The van der Waals surface area contributed by atoms with Crippen molar-refractivity contribution >= 4 is 16.9 Å². The van der Waals surface area contributed by atoms with E-state index in [0.29, 0.717) is 24.4 Å². The van der Waals surface area contributed by atoms with Crippen molar-refractivity contribution in [3.8, 4) is 0 Å². The van der Waals surface area contributed by atoms with Gasteiger partial charge in [0.1, 0.15) is 5.58 Å². The molecule has 2 aromatic rings. The molecule has 1 aromatic heterocycles. The third kappa shape index (κ3) is 3.17. The minimum atomic E-state index is -0.132. The zero-order valence-electron chi connectivity index (χ0n) is 13.3. The van der Waals surface area contributed by atoms with E-state index in [-0.39, 0.29) is 5.91 Å². The normalized spacial score (nSPS) is 20.9. The first-order valence-corrected chi connectivity index (χ1v) is 8.17. The Morgan fingerprint density at radius 1 is 1.41 bits per heavy atom. The summed E-state index contributed by atoms with van der Waals surface area (Å²) >= 11 is 0. The van der Waals surface area contributed by atoms with E-state index in [0.717, 1.165) is 17.5 Å². The molecule has 1 aliphatic rings. The lowest BCUT2D eigenvalue weighted by atomic mass is 10.0. The molecule has 1 aliphatic heterocycles. The third-order valence-electron chi connectivity index (χ3n) is 4.63. The number of fused-ring (bicyclic) bond motifs is 1. The fourth-order valence-corrected chi connectivity index (χ4v) is 3.31. The van der Waals surface area contributed by atoms with Crippen LogP contribution in [-0.2, 0) is 0 Å². The summed E-state index contributed by atoms with van der Waals surface area (Å²) in [6.07, 6.45) is 3.82. The number of rotatable bonds is 4. The summed E-state index contributed by atoms with van der Waals surface area (Å²) < 4.78 is 5.60. The van der Waals surface area contributed by atoms with Crippen molar-refractivity contribution in [3.63, 3.8) is 0 Å². The highest BCUT2D eigenvalue weighted by Gasteiger charge is 2.23. The lowest BCUT2D eigenvalue weighted by Crippen LogP contribution is -2.48. The molecule has 118 valence electrons. The van der Waals surface area contributed by atoms with Crippen molar-refractivity contribution in [2.45, 2.75) is 45.2 Å². The van der Waals surface area contributed by atoms with E-state index in [1.165, 1.54) is 19.3 Å². The molecule has 1 saturated heterocycles. The third-order valence-corrected chi connectivity index (χ3v) is 4.63. The van der Waals surface area contributed by atoms with Crippen LogP contribution in [0.1, 0.15) is 43.7 Å². The number of benzene rings is 1. The number of hydrogen-bond acceptors (Lipinski definition) is 3. The maximum atomic E-state index is 12.3. The molecule has 1 N–H and O–H groups in total. The van der Waals surface area contributed by atoms with Crippen LogP contribution in [0.25, 0.3) is 11.0 Å². The molecule has 0 radical (unpaired) electrons. The molecular formula is C18H24N2O2. The van der Waals surface area contributed by atoms with Gasteiger partial charge < -0.3 is 9.73 Å². The molecule has 4 heteroatoms. The van der Waals surface area contributed by atoms with E-state index in [4.69, 9.17) is 4.42 Å². The van der Waals surface area contributed by atoms with Gasteiger partial charge in [0.25, 0.3) is 5.91 Å². The van der Waals surface area contributed by atoms with Crippen LogP contribution in [0.3, 0.4) is 0 Å². The molecule has 4 nitrogen and oxygen atoms in total. The summed E-state index contributed by atoms with van der Waals surface area (Å²) in [5.74, 6) is 0.257. The monoisotopic (exact) mass is 300 g/mol. The Bertz CT molecular complexity index is 616. The van der Waals surface area contributed by atoms with Gasteiger partial charge >= 0.3 is 0 Å². The smallest absolute Gasteiger partial charge is 0.287 e. The SMILES string of the molecule is C[C@H](CNC(=O)c1cc2ccccc2o1)N1CCCC[C@@H]1C. The zero-order valence-corrected chi connectivity index (χ0v) is 13.3. The molecular weight excluding hydrogens is 276 g/mol. The number of para-hydroxylation sites is 1. The molecule has 1 aromatic carbocycles. The van der Waals surface area contributed by atoms with Gasteiger partial charge in [-0.1, -0.05) is 24.6 Å². The highest BCUT2D eigenvalue weighted by molar-refractivity contribution is 5.96. The summed E-state index contributed by atoms with van der Waals surface area (Å²) in [5, 5.41) is 3.97. The Labute approximate surface area is 131 Å². The molecule has 1 fully saturated rings. The van der Waals surface area contributed by atoms with Gasteiger partial charge in [-0.25, -0.2) is 0 Å². The first kappa shape index (κ1) is 15.1. The quantitative estimate of drug-likeness (QED) is 0.941. The largest absolute Gasteiger partial charge is 0.451 e. The average Bonchev–Trinajstić information content (AvgIpc) is 2.97. The van der Waals surface area contributed by atoms with Gasteiger partial charge in [-0.2, -0.15) is 0 Å². The predicted molar refractivity (Wildman–Crippen MR) is 88.0 cm³/mol. The fourth-order valence-electron chi connectivity index (χ4n) is 3.31. The summed E-state index contributed by atoms with van der Waals surface area (Å²) in [4.78, 5) is 14.7. The summed E-state index contributed by atoms with van der Waals surface area (Å²) in [5.41, 5.74) is 0.755. The van der Waals surface area contributed by atoms with Gasteiger partial charge in [0.05, 0.1) is 0 Å². The molecule has 0 aliphatic carbocycles. The number of hydrogen-bond donors (Lipinski definition) is 1. The number of carbonyl (C=O) groups is 1. The van der Waals surface area contributed by atoms with Gasteiger partial charge in [0, 0.05) is 24.0 Å². The van der Waals surface area contributed by atoms with Crippen LogP contribution in [0.4, 0.5) is 0 Å². The number of amides is 1. The molecule has 3 rings (SSSR count). The molecule has 22 heavy (non-hydrogen) atoms. The second-order valence-electron chi connectivity index (χ2n) is 6.29. The van der Waals surface area contributed by atoms with Crippen LogP contribution in [0.5, 0.6) is 0 Å². The Morgan fingerprint density at radius 2 is 2.23 bits per heavy atom. The van der Waals surface area contributed by atoms with Gasteiger partial charge in [-0.05, 0) is 45.4 Å². The van der Waals surface area contributed by atoms with E-state index >= 15 is 0 Å². The van der Waals surface area contributed by atoms with Gasteiger partial charge in [-0.15, -0.1) is 0 Å². The van der Waals surface area contributed by atoms with Crippen molar-refractivity contribution in [3.05, 3.63) is 36.1 Å². The molecule has 0 bridgehead atoms. The number of carbonyl (C=O) groups excluding carboxylic acids is 1. The standard InChI is InChI=1S/C18H24N2O2/c1-13-7-5-6-10-20(13)14(2)12-19-18(21)17-11-15-8-3-4-9-16(15)22-17/h3-4,8-9,11,13-14H,5-7,10,12H2,1-2H3,(H,19,21)/t13-,14+/m0/s1. The van der Waals surface area contributed by atoms with Gasteiger partial charge in [0.2, 0.25) is 0 Å². The second kappa shape index (κ2) is 6.53. The number of furan rings is 1. The Kier molecular flexibility index (Phi) is 4.48. The summed E-state index contributed by atoms with van der Waals surface area (Å²) in [7, 11) is 0. The Hall–Kier alpha value is -1.81. The maximum absolute atomic E-state index is 12.3. The number of nitrogens with zero attached hydrogens (tertiary/aromatic N) is 1. The summed E-state index contributed by atoms with van der Waals surface area (Å²) in [6.45, 7) is 6.24. The second-order valence-corrected chi connectivity index (χ2v) is 6.29. The molecule has 0 saturated carbocycles. The first-order valence-electron chi connectivity index (χ1n) is 8.17. The van der Waals surface area contributed by atoms with Crippen molar-refractivity contribution in [2.24, 2.45) is 0 Å². The van der Waals surface area contributed by atoms with Crippen LogP contribution in [0, 0.1) is 0 Å². The number of nitrogens with one attached hydrogen (secondary N) is 1. The zero-order chi connectivity index (χ0) is 15.5. The molecule has 2 atom stereocenters. The average molecular weight is 300 g/mol. The van der Waals surface area contributed by atoms with Crippen LogP contribution >= 0.6 is 0 Å². The van der Waals surface area contributed by atoms with Gasteiger partial charge in [0.15, 0.2) is 5.76 Å². The van der Waals surface area contributed by atoms with E-state index in [9.17, 15) is 4.79 Å². The molecule has 0 spiro atoms. The molecule has 0 unspecified atom stereocenters. The topological polar surface area (TPSA) is 45.5 Å². The van der Waals surface area contributed by atoms with E-state index in [1.807, 2.05) is 24.3 Å². The number of piperidine rings is 1. The Morgan fingerprint density at radius 3 is 3.00 bits per heavy atom. The Balaban J connectivity index is 1.59. The highest BCUT2D eigenvalue weighted by Crippen LogP contribution is 2.20. The molecule has 2 heterocycles. The number of likely N-dealkylation sites (tertiary alicyclic amines) is 1. The fraction of sp³-hybridized carbons (Fsp3) is 0.500. The van der Waals surface area contributed by atoms with Crippen LogP contribution < -0.4 is 5.32 Å². The van der Waals surface area contributed by atoms with Crippen molar-refractivity contribution in [1.82, 2.24) is 10.2 Å². The van der Waals surface area contributed by atoms with Crippen LogP contribution in [-0.4, -0.2) is 36.0 Å². The van der Waals surface area contributed by atoms with Crippen LogP contribution in [0.2, 0.25) is 0 Å². The van der Waals surface area contributed by atoms with Crippen molar-refractivity contribution in [1.29, 1.82) is 0 Å². The van der Waals surface area contributed by atoms with Crippen LogP contribution in [0.15, 0.2) is 34.7 Å².